The second kappa shape index (κ2) is 7.97. The number of amides is 2. The highest BCUT2D eigenvalue weighted by atomic mass is 35.5. The SMILES string of the molecule is CC(=O)Oc1ccc(C(=O)[C@@H]2[C@@H]3C(=O)N(c4ccc(Cl)cc4)C(=O)[C@H]3[C@H]3C=CC=NN32)cc1. The Bertz CT molecular complexity index is 1220. The zero-order valence-electron chi connectivity index (χ0n) is 17.4. The summed E-state index contributed by atoms with van der Waals surface area (Å²) in [7, 11) is 0. The number of ketones is 1. The number of ether oxygens (including phenoxy) is 1. The first-order valence-electron chi connectivity index (χ1n) is 10.3. The van der Waals surface area contributed by atoms with E-state index in [0.717, 1.165) is 4.90 Å². The maximum absolute atomic E-state index is 13.6. The molecule has 0 unspecified atom stereocenters. The number of anilines is 1. The van der Waals surface area contributed by atoms with Gasteiger partial charge in [-0.2, -0.15) is 5.10 Å². The Kier molecular flexibility index (Phi) is 5.09. The molecule has 2 aromatic carbocycles. The third-order valence-electron chi connectivity index (χ3n) is 6.04. The summed E-state index contributed by atoms with van der Waals surface area (Å²) < 4.78 is 5.02. The smallest absolute Gasteiger partial charge is 0.308 e. The van der Waals surface area contributed by atoms with Crippen LogP contribution in [0, 0.1) is 11.8 Å². The van der Waals surface area contributed by atoms with Crippen LogP contribution in [0.25, 0.3) is 0 Å². The van der Waals surface area contributed by atoms with Crippen LogP contribution in [-0.2, 0) is 14.4 Å². The van der Waals surface area contributed by atoms with Crippen LogP contribution in [0.15, 0.2) is 65.8 Å². The first-order chi connectivity index (χ1) is 15.9. The fraction of sp³-hybridized carbons (Fsp3) is 0.208. The van der Waals surface area contributed by atoms with Crippen molar-refractivity contribution < 1.29 is 23.9 Å². The van der Waals surface area contributed by atoms with Gasteiger partial charge >= 0.3 is 5.97 Å². The quantitative estimate of drug-likeness (QED) is 0.299. The van der Waals surface area contributed by atoms with Crippen LogP contribution in [0.2, 0.25) is 5.02 Å². The molecule has 0 aromatic heterocycles. The van der Waals surface area contributed by atoms with Gasteiger partial charge in [-0.1, -0.05) is 17.7 Å². The number of allylic oxidation sites excluding steroid dienone is 1. The highest BCUT2D eigenvalue weighted by Gasteiger charge is 2.64. The third-order valence-corrected chi connectivity index (χ3v) is 6.30. The maximum Gasteiger partial charge on any atom is 0.308 e. The second-order valence-corrected chi connectivity index (χ2v) is 8.42. The molecule has 9 heteroatoms. The van der Waals surface area contributed by atoms with E-state index in [9.17, 15) is 19.2 Å². The van der Waals surface area contributed by atoms with E-state index in [1.54, 1.807) is 41.4 Å². The highest BCUT2D eigenvalue weighted by molar-refractivity contribution is 6.31. The Labute approximate surface area is 194 Å². The van der Waals surface area contributed by atoms with Gasteiger partial charge in [0.25, 0.3) is 0 Å². The molecule has 0 spiro atoms. The van der Waals surface area contributed by atoms with E-state index in [4.69, 9.17) is 16.3 Å². The van der Waals surface area contributed by atoms with Crippen molar-refractivity contribution >= 4 is 47.1 Å². The number of hydrazone groups is 1. The molecule has 166 valence electrons. The molecule has 2 fully saturated rings. The number of nitrogens with zero attached hydrogens (tertiary/aromatic N) is 3. The topological polar surface area (TPSA) is 96.3 Å². The molecule has 2 amide bonds. The molecule has 0 N–H and O–H groups in total. The summed E-state index contributed by atoms with van der Waals surface area (Å²) >= 11 is 5.96. The molecule has 2 aromatic rings. The zero-order chi connectivity index (χ0) is 23.3. The number of esters is 1. The van der Waals surface area contributed by atoms with Gasteiger partial charge in [-0.05, 0) is 54.6 Å². The van der Waals surface area contributed by atoms with Gasteiger partial charge < -0.3 is 4.74 Å². The number of hydrogen-bond donors (Lipinski definition) is 0. The van der Waals surface area contributed by atoms with Crippen LogP contribution in [-0.4, -0.2) is 46.9 Å². The molecular weight excluding hydrogens is 446 g/mol. The fourth-order valence-electron chi connectivity index (χ4n) is 4.71. The largest absolute Gasteiger partial charge is 0.427 e. The number of hydrogen-bond acceptors (Lipinski definition) is 7. The molecule has 0 radical (unpaired) electrons. The Morgan fingerprint density at radius 2 is 1.64 bits per heavy atom. The Morgan fingerprint density at radius 3 is 2.30 bits per heavy atom. The lowest BCUT2D eigenvalue weighted by molar-refractivity contribution is -0.132. The third kappa shape index (κ3) is 3.43. The molecule has 0 saturated carbocycles. The van der Waals surface area contributed by atoms with E-state index >= 15 is 0 Å². The van der Waals surface area contributed by atoms with E-state index in [1.165, 1.54) is 37.4 Å². The molecular formula is C24H18ClN3O5. The van der Waals surface area contributed by atoms with Gasteiger partial charge in [0.15, 0.2) is 5.78 Å². The number of rotatable bonds is 4. The number of carbonyl (C=O) groups excluding carboxylic acids is 4. The first-order valence-corrected chi connectivity index (χ1v) is 10.7. The molecule has 0 aliphatic carbocycles. The van der Waals surface area contributed by atoms with Crippen molar-refractivity contribution in [1.29, 1.82) is 0 Å². The molecule has 3 aliphatic heterocycles. The van der Waals surface area contributed by atoms with Crippen molar-refractivity contribution in [2.24, 2.45) is 16.9 Å². The summed E-state index contributed by atoms with van der Waals surface area (Å²) in [5.41, 5.74) is 0.737. The van der Waals surface area contributed by atoms with Crippen molar-refractivity contribution in [2.45, 2.75) is 19.0 Å². The molecule has 5 rings (SSSR count). The number of benzene rings is 2. The van der Waals surface area contributed by atoms with Crippen molar-refractivity contribution in [3.05, 3.63) is 71.3 Å². The van der Waals surface area contributed by atoms with Gasteiger partial charge in [0, 0.05) is 23.7 Å². The first kappa shape index (κ1) is 21.1. The number of Topliss-reactive ketones (excluding diaryl/α,β-unsaturated/α-hetero) is 1. The van der Waals surface area contributed by atoms with E-state index in [0.29, 0.717) is 22.0 Å². The lowest BCUT2D eigenvalue weighted by atomic mass is 9.86. The average Bonchev–Trinajstić information content (AvgIpc) is 3.27. The Hall–Kier alpha value is -3.78. The van der Waals surface area contributed by atoms with Gasteiger partial charge in [-0.3, -0.25) is 24.2 Å². The lowest BCUT2D eigenvalue weighted by Gasteiger charge is -2.30. The average molecular weight is 464 g/mol. The van der Waals surface area contributed by atoms with E-state index in [2.05, 4.69) is 5.10 Å². The van der Waals surface area contributed by atoms with Crippen LogP contribution in [0.4, 0.5) is 5.69 Å². The van der Waals surface area contributed by atoms with Crippen LogP contribution in [0.5, 0.6) is 5.75 Å². The van der Waals surface area contributed by atoms with Crippen LogP contribution >= 0.6 is 11.6 Å². The number of imide groups is 1. The summed E-state index contributed by atoms with van der Waals surface area (Å²) in [6.45, 7) is 1.29. The summed E-state index contributed by atoms with van der Waals surface area (Å²) in [5, 5.41) is 6.36. The number of fused-ring (bicyclic) bond motifs is 3. The highest BCUT2D eigenvalue weighted by Crippen LogP contribution is 2.46. The van der Waals surface area contributed by atoms with E-state index in [-0.39, 0.29) is 11.7 Å². The summed E-state index contributed by atoms with van der Waals surface area (Å²) in [5.74, 6) is -2.95. The van der Waals surface area contributed by atoms with Crippen molar-refractivity contribution in [2.75, 3.05) is 4.90 Å². The van der Waals surface area contributed by atoms with E-state index < -0.39 is 35.8 Å². The molecule has 3 heterocycles. The Morgan fingerprint density at radius 1 is 0.970 bits per heavy atom. The minimum Gasteiger partial charge on any atom is -0.427 e. The summed E-state index contributed by atoms with van der Waals surface area (Å²) in [6.07, 6.45) is 5.04. The predicted molar refractivity (Wildman–Crippen MR) is 120 cm³/mol. The van der Waals surface area contributed by atoms with Crippen molar-refractivity contribution in [3.8, 4) is 5.75 Å². The van der Waals surface area contributed by atoms with Gasteiger partial charge in [-0.15, -0.1) is 0 Å². The van der Waals surface area contributed by atoms with Gasteiger partial charge in [0.2, 0.25) is 11.8 Å². The van der Waals surface area contributed by atoms with Gasteiger partial charge in [-0.25, -0.2) is 4.90 Å². The Balaban J connectivity index is 1.51. The minimum atomic E-state index is -0.950. The molecule has 0 bridgehead atoms. The van der Waals surface area contributed by atoms with E-state index in [1.807, 2.05) is 0 Å². The van der Waals surface area contributed by atoms with Gasteiger partial charge in [0.05, 0.1) is 23.6 Å². The van der Waals surface area contributed by atoms with Gasteiger partial charge in [0.1, 0.15) is 11.8 Å². The summed E-state index contributed by atoms with van der Waals surface area (Å²) in [4.78, 5) is 52.8. The maximum atomic E-state index is 13.6. The second-order valence-electron chi connectivity index (χ2n) is 7.99. The number of carbonyl (C=O) groups is 4. The fourth-order valence-corrected chi connectivity index (χ4v) is 4.83. The molecule has 8 nitrogen and oxygen atoms in total. The van der Waals surface area contributed by atoms with Crippen LogP contribution in [0.1, 0.15) is 17.3 Å². The van der Waals surface area contributed by atoms with Crippen molar-refractivity contribution in [3.63, 3.8) is 0 Å². The number of halogens is 1. The molecule has 2 saturated heterocycles. The van der Waals surface area contributed by atoms with Crippen LogP contribution < -0.4 is 9.64 Å². The van der Waals surface area contributed by atoms with Crippen LogP contribution in [0.3, 0.4) is 0 Å². The molecule has 4 atom stereocenters. The van der Waals surface area contributed by atoms with Crippen molar-refractivity contribution in [1.82, 2.24) is 5.01 Å². The predicted octanol–water partition coefficient (Wildman–Crippen LogP) is 2.86. The molecule has 33 heavy (non-hydrogen) atoms. The standard InChI is InChI=1S/C24H18ClN3O5/c1-13(29)33-17-10-4-14(5-11-17)22(30)21-20-19(18-3-2-12-26-28(18)21)23(31)27(24(20)32)16-8-6-15(25)7-9-16/h2-12,18-21H,1H3/t18-,19+,20-,21+/m1/s1. The zero-order valence-corrected chi connectivity index (χ0v) is 18.2. The minimum absolute atomic E-state index is 0.307. The monoisotopic (exact) mass is 463 g/mol. The lowest BCUT2D eigenvalue weighted by Crippen LogP contribution is -2.46. The molecule has 3 aliphatic rings. The summed E-state index contributed by atoms with van der Waals surface area (Å²) in [6, 6.07) is 11.1. The normalized spacial score (nSPS) is 25.3.